The van der Waals surface area contributed by atoms with Gasteiger partial charge in [-0.3, -0.25) is 4.79 Å². The quantitative estimate of drug-likeness (QED) is 0.642. The highest BCUT2D eigenvalue weighted by Crippen LogP contribution is 2.12. The van der Waals surface area contributed by atoms with Crippen LogP contribution in [0.15, 0.2) is 24.3 Å². The minimum absolute atomic E-state index is 0.0789. The van der Waals surface area contributed by atoms with Crippen molar-refractivity contribution in [1.29, 1.82) is 0 Å². The van der Waals surface area contributed by atoms with Crippen molar-refractivity contribution in [2.75, 3.05) is 0 Å². The summed E-state index contributed by atoms with van der Waals surface area (Å²) in [5.74, 6) is -2.05. The van der Waals surface area contributed by atoms with Crippen molar-refractivity contribution in [3.63, 3.8) is 0 Å². The van der Waals surface area contributed by atoms with Crippen LogP contribution in [-0.2, 0) is 4.79 Å². The maximum atomic E-state index is 12.9. The molecular weight excluding hydrogens is 174 g/mol. The molecule has 0 unspecified atom stereocenters. The Balaban J connectivity index is 3.02. The lowest BCUT2D eigenvalue weighted by molar-refractivity contribution is -0.112. The van der Waals surface area contributed by atoms with Gasteiger partial charge in [0.15, 0.2) is 17.4 Å². The zero-order valence-electron chi connectivity index (χ0n) is 7.05. The third kappa shape index (κ3) is 2.47. The highest BCUT2D eigenvalue weighted by atomic mass is 19.2. The standard InChI is InChI=1S/C10H8F2O/c1-7(13)5-6-8-3-2-4-9(11)10(8)12/h2-6H,1H3/b6-5+. The van der Waals surface area contributed by atoms with Crippen molar-refractivity contribution in [1.82, 2.24) is 0 Å². The van der Waals surface area contributed by atoms with E-state index in [1.165, 1.54) is 31.2 Å². The normalized spacial score (nSPS) is 10.7. The monoisotopic (exact) mass is 182 g/mol. The van der Waals surface area contributed by atoms with E-state index in [0.29, 0.717) is 0 Å². The number of benzene rings is 1. The molecule has 0 heterocycles. The molecule has 1 aromatic rings. The molecule has 0 aliphatic rings. The van der Waals surface area contributed by atoms with Crippen molar-refractivity contribution in [3.8, 4) is 0 Å². The Morgan fingerprint density at radius 1 is 1.38 bits per heavy atom. The van der Waals surface area contributed by atoms with Gasteiger partial charge in [-0.2, -0.15) is 0 Å². The van der Waals surface area contributed by atoms with Gasteiger partial charge in [0.25, 0.3) is 0 Å². The molecule has 13 heavy (non-hydrogen) atoms. The zero-order valence-corrected chi connectivity index (χ0v) is 7.05. The minimum atomic E-state index is -0.931. The number of halogens is 2. The van der Waals surface area contributed by atoms with Crippen molar-refractivity contribution in [2.24, 2.45) is 0 Å². The lowest BCUT2D eigenvalue weighted by Gasteiger charge is -1.96. The molecule has 0 aliphatic carbocycles. The first-order chi connectivity index (χ1) is 6.11. The number of carbonyl (C=O) groups excluding carboxylic acids is 1. The summed E-state index contributed by atoms with van der Waals surface area (Å²) in [6.07, 6.45) is 2.44. The van der Waals surface area contributed by atoms with Crippen molar-refractivity contribution >= 4 is 11.9 Å². The van der Waals surface area contributed by atoms with Gasteiger partial charge in [-0.05, 0) is 25.1 Å². The molecular formula is C10H8F2O. The van der Waals surface area contributed by atoms with E-state index in [1.54, 1.807) is 0 Å². The van der Waals surface area contributed by atoms with Gasteiger partial charge in [0.2, 0.25) is 0 Å². The van der Waals surface area contributed by atoms with Gasteiger partial charge < -0.3 is 0 Å². The second kappa shape index (κ2) is 3.94. The molecule has 0 fully saturated rings. The molecule has 0 aromatic heterocycles. The Morgan fingerprint density at radius 2 is 2.08 bits per heavy atom. The number of carbonyl (C=O) groups is 1. The Labute approximate surface area is 74.7 Å². The van der Waals surface area contributed by atoms with Crippen LogP contribution in [0.4, 0.5) is 8.78 Å². The van der Waals surface area contributed by atoms with Gasteiger partial charge in [-0.1, -0.05) is 12.1 Å². The summed E-state index contributed by atoms with van der Waals surface area (Å²) in [5, 5.41) is 0. The average molecular weight is 182 g/mol. The first-order valence-electron chi connectivity index (χ1n) is 3.74. The third-order valence-corrected chi connectivity index (χ3v) is 1.48. The van der Waals surface area contributed by atoms with Crippen LogP contribution in [0.5, 0.6) is 0 Å². The fraction of sp³-hybridized carbons (Fsp3) is 0.100. The van der Waals surface area contributed by atoms with Crippen molar-refractivity contribution in [3.05, 3.63) is 41.5 Å². The van der Waals surface area contributed by atoms with E-state index in [-0.39, 0.29) is 11.3 Å². The van der Waals surface area contributed by atoms with E-state index in [2.05, 4.69) is 0 Å². The van der Waals surface area contributed by atoms with Crippen molar-refractivity contribution in [2.45, 2.75) is 6.92 Å². The lowest BCUT2D eigenvalue weighted by atomic mass is 10.2. The Bertz CT molecular complexity index is 356. The number of hydrogen-bond acceptors (Lipinski definition) is 1. The van der Waals surface area contributed by atoms with Crippen LogP contribution >= 0.6 is 0 Å². The van der Waals surface area contributed by atoms with E-state index >= 15 is 0 Å². The predicted octanol–water partition coefficient (Wildman–Crippen LogP) is 2.57. The van der Waals surface area contributed by atoms with E-state index in [9.17, 15) is 13.6 Å². The molecule has 0 N–H and O–H groups in total. The van der Waals surface area contributed by atoms with Crippen LogP contribution in [0.25, 0.3) is 6.08 Å². The smallest absolute Gasteiger partial charge is 0.166 e. The molecule has 1 nitrogen and oxygen atoms in total. The third-order valence-electron chi connectivity index (χ3n) is 1.48. The van der Waals surface area contributed by atoms with Crippen LogP contribution in [-0.4, -0.2) is 5.78 Å². The molecule has 68 valence electrons. The maximum Gasteiger partial charge on any atom is 0.166 e. The molecule has 0 saturated carbocycles. The van der Waals surface area contributed by atoms with Crippen LogP contribution in [0.2, 0.25) is 0 Å². The van der Waals surface area contributed by atoms with Crippen LogP contribution in [0.3, 0.4) is 0 Å². The predicted molar refractivity (Wildman–Crippen MR) is 46.1 cm³/mol. The summed E-state index contributed by atoms with van der Waals surface area (Å²) in [6.45, 7) is 1.34. The number of allylic oxidation sites excluding steroid dienone is 1. The highest BCUT2D eigenvalue weighted by Gasteiger charge is 2.03. The lowest BCUT2D eigenvalue weighted by Crippen LogP contribution is -1.88. The Morgan fingerprint density at radius 3 is 2.69 bits per heavy atom. The second-order valence-corrected chi connectivity index (χ2v) is 2.59. The summed E-state index contributed by atoms with van der Waals surface area (Å²) >= 11 is 0. The van der Waals surface area contributed by atoms with Gasteiger partial charge in [-0.15, -0.1) is 0 Å². The molecule has 0 amide bonds. The Kier molecular flexibility index (Phi) is 2.90. The summed E-state index contributed by atoms with van der Waals surface area (Å²) in [7, 11) is 0. The van der Waals surface area contributed by atoms with Gasteiger partial charge in [0, 0.05) is 5.56 Å². The summed E-state index contributed by atoms with van der Waals surface area (Å²) in [5.41, 5.74) is 0.0789. The van der Waals surface area contributed by atoms with Gasteiger partial charge >= 0.3 is 0 Å². The minimum Gasteiger partial charge on any atom is -0.295 e. The maximum absolute atomic E-state index is 12.9. The SMILES string of the molecule is CC(=O)/C=C/c1cccc(F)c1F. The van der Waals surface area contributed by atoms with E-state index in [0.717, 1.165) is 6.07 Å². The first-order valence-corrected chi connectivity index (χ1v) is 3.74. The number of rotatable bonds is 2. The van der Waals surface area contributed by atoms with E-state index in [1.807, 2.05) is 0 Å². The largest absolute Gasteiger partial charge is 0.295 e. The summed E-state index contributed by atoms with van der Waals surface area (Å²) < 4.78 is 25.5. The van der Waals surface area contributed by atoms with Crippen molar-refractivity contribution < 1.29 is 13.6 Å². The molecule has 3 heteroatoms. The Hall–Kier alpha value is -1.51. The van der Waals surface area contributed by atoms with Crippen LogP contribution < -0.4 is 0 Å². The molecule has 1 rings (SSSR count). The van der Waals surface area contributed by atoms with E-state index < -0.39 is 11.6 Å². The molecule has 0 radical (unpaired) electrons. The fourth-order valence-corrected chi connectivity index (χ4v) is 0.856. The zero-order chi connectivity index (χ0) is 9.84. The molecule has 0 saturated heterocycles. The second-order valence-electron chi connectivity index (χ2n) is 2.59. The summed E-state index contributed by atoms with van der Waals surface area (Å²) in [6, 6.07) is 3.82. The van der Waals surface area contributed by atoms with Gasteiger partial charge in [0.1, 0.15) is 0 Å². The highest BCUT2D eigenvalue weighted by molar-refractivity contribution is 5.91. The molecule has 0 atom stereocenters. The van der Waals surface area contributed by atoms with Crippen LogP contribution in [0.1, 0.15) is 12.5 Å². The number of hydrogen-bond donors (Lipinski definition) is 0. The van der Waals surface area contributed by atoms with E-state index in [4.69, 9.17) is 0 Å². The molecule has 0 aliphatic heterocycles. The van der Waals surface area contributed by atoms with Gasteiger partial charge in [-0.25, -0.2) is 8.78 Å². The van der Waals surface area contributed by atoms with Crippen LogP contribution in [0, 0.1) is 11.6 Å². The first kappa shape index (κ1) is 9.58. The molecule has 0 bridgehead atoms. The topological polar surface area (TPSA) is 17.1 Å². The average Bonchev–Trinajstić information content (AvgIpc) is 2.07. The van der Waals surface area contributed by atoms with Gasteiger partial charge in [0.05, 0.1) is 0 Å². The fourth-order valence-electron chi connectivity index (χ4n) is 0.856. The summed E-state index contributed by atoms with van der Waals surface area (Å²) in [4.78, 5) is 10.5. The number of ketones is 1. The molecule has 0 spiro atoms. The molecule has 1 aromatic carbocycles.